The Morgan fingerprint density at radius 3 is 2.18 bits per heavy atom. The van der Waals surface area contributed by atoms with Crippen molar-refractivity contribution in [3.63, 3.8) is 0 Å². The fraction of sp³-hybridized carbons (Fsp3) is 0.125. The average Bonchev–Trinajstić information content (AvgIpc) is 2.06. The molecule has 0 aliphatic heterocycles. The molecular weight excluding hydrogens is 270 g/mol. The highest BCUT2D eigenvalue weighted by atomic mass is 79.9. The number of benzene rings is 1. The first-order valence-electron chi connectivity index (χ1n) is 3.01. The monoisotopic (exact) mass is 273 g/mol. The van der Waals surface area contributed by atoms with Crippen LogP contribution in [-0.4, -0.2) is 0 Å². The molecule has 0 aliphatic carbocycles. The van der Waals surface area contributed by atoms with E-state index in [1.807, 2.05) is 30.3 Å². The van der Waals surface area contributed by atoms with E-state index in [2.05, 4.69) is 37.9 Å². The molecule has 0 aliphatic rings. The summed E-state index contributed by atoms with van der Waals surface area (Å²) in [6, 6.07) is 11.6. The maximum Gasteiger partial charge on any atom is 0.191 e. The molecule has 11 heavy (non-hydrogen) atoms. The normalized spacial score (nSPS) is 10.6. The van der Waals surface area contributed by atoms with Crippen molar-refractivity contribution in [1.82, 2.24) is 0 Å². The number of halogens is 2. The lowest BCUT2D eigenvalue weighted by Gasteiger charge is -2.09. The van der Waals surface area contributed by atoms with Crippen molar-refractivity contribution in [2.45, 2.75) is 3.23 Å². The third kappa shape index (κ3) is 2.05. The minimum atomic E-state index is -0.735. The number of rotatable bonds is 1. The molecule has 1 rings (SSSR count). The summed E-state index contributed by atoms with van der Waals surface area (Å²) in [5, 5.41) is 8.70. The Bertz CT molecular complexity index is 274. The van der Waals surface area contributed by atoms with Crippen molar-refractivity contribution < 1.29 is 0 Å². The van der Waals surface area contributed by atoms with Gasteiger partial charge >= 0.3 is 0 Å². The zero-order chi connectivity index (χ0) is 8.32. The van der Waals surface area contributed by atoms with E-state index in [1.54, 1.807) is 0 Å². The van der Waals surface area contributed by atoms with Crippen LogP contribution in [-0.2, 0) is 3.23 Å². The SMILES string of the molecule is N#CC(Br)(Br)c1ccccc1. The van der Waals surface area contributed by atoms with E-state index in [0.717, 1.165) is 5.56 Å². The van der Waals surface area contributed by atoms with E-state index >= 15 is 0 Å². The number of nitrogens with zero attached hydrogens (tertiary/aromatic N) is 1. The summed E-state index contributed by atoms with van der Waals surface area (Å²) in [7, 11) is 0. The topological polar surface area (TPSA) is 23.8 Å². The number of nitriles is 1. The van der Waals surface area contributed by atoms with E-state index in [9.17, 15) is 0 Å². The van der Waals surface area contributed by atoms with Gasteiger partial charge in [0.05, 0.1) is 6.07 Å². The molecular formula is C8H5Br2N. The van der Waals surface area contributed by atoms with Gasteiger partial charge in [-0.2, -0.15) is 5.26 Å². The van der Waals surface area contributed by atoms with Crippen LogP contribution in [0, 0.1) is 11.3 Å². The van der Waals surface area contributed by atoms with Crippen molar-refractivity contribution >= 4 is 31.9 Å². The third-order valence-corrected chi connectivity index (χ3v) is 2.55. The van der Waals surface area contributed by atoms with Gasteiger partial charge in [-0.3, -0.25) is 0 Å². The fourth-order valence-corrected chi connectivity index (χ4v) is 1.24. The van der Waals surface area contributed by atoms with Crippen molar-refractivity contribution in [3.8, 4) is 6.07 Å². The molecule has 0 aromatic heterocycles. The van der Waals surface area contributed by atoms with Crippen LogP contribution in [0.4, 0.5) is 0 Å². The number of hydrogen-bond donors (Lipinski definition) is 0. The van der Waals surface area contributed by atoms with Crippen LogP contribution >= 0.6 is 31.9 Å². The van der Waals surface area contributed by atoms with E-state index in [-0.39, 0.29) is 0 Å². The van der Waals surface area contributed by atoms with Gasteiger partial charge in [0.15, 0.2) is 3.23 Å². The summed E-state index contributed by atoms with van der Waals surface area (Å²) in [4.78, 5) is 0. The molecule has 0 fully saturated rings. The second-order valence-electron chi connectivity index (χ2n) is 2.05. The Morgan fingerprint density at radius 1 is 1.18 bits per heavy atom. The van der Waals surface area contributed by atoms with Gasteiger partial charge in [-0.25, -0.2) is 0 Å². The van der Waals surface area contributed by atoms with Gasteiger partial charge in [0.1, 0.15) is 0 Å². The zero-order valence-electron chi connectivity index (χ0n) is 5.59. The first kappa shape index (κ1) is 8.76. The predicted molar refractivity (Wildman–Crippen MR) is 51.6 cm³/mol. The fourth-order valence-electron chi connectivity index (χ4n) is 0.712. The van der Waals surface area contributed by atoms with Crippen LogP contribution in [0.3, 0.4) is 0 Å². The highest BCUT2D eigenvalue weighted by molar-refractivity contribution is 9.25. The molecule has 0 unspecified atom stereocenters. The standard InChI is InChI=1S/C8H5Br2N/c9-8(10,6-11)7-4-2-1-3-5-7/h1-5H. The molecule has 0 amide bonds. The van der Waals surface area contributed by atoms with Gasteiger partial charge in [0.25, 0.3) is 0 Å². The van der Waals surface area contributed by atoms with Crippen molar-refractivity contribution in [3.05, 3.63) is 35.9 Å². The minimum absolute atomic E-state index is 0.735. The Kier molecular flexibility index (Phi) is 2.69. The summed E-state index contributed by atoms with van der Waals surface area (Å²) in [6.07, 6.45) is 0. The van der Waals surface area contributed by atoms with Gasteiger partial charge < -0.3 is 0 Å². The molecule has 56 valence electrons. The molecule has 0 saturated carbocycles. The van der Waals surface area contributed by atoms with E-state index in [1.165, 1.54) is 0 Å². The maximum atomic E-state index is 8.70. The van der Waals surface area contributed by atoms with Crippen LogP contribution in [0.5, 0.6) is 0 Å². The van der Waals surface area contributed by atoms with Gasteiger partial charge in [-0.1, -0.05) is 62.2 Å². The first-order chi connectivity index (χ1) is 5.17. The molecule has 0 bridgehead atoms. The second kappa shape index (κ2) is 3.38. The van der Waals surface area contributed by atoms with Gasteiger partial charge in [0.2, 0.25) is 0 Å². The molecule has 0 saturated heterocycles. The lowest BCUT2D eigenvalue weighted by molar-refractivity contribution is 1.19. The minimum Gasteiger partial charge on any atom is -0.195 e. The predicted octanol–water partition coefficient (Wildman–Crippen LogP) is 3.15. The molecule has 0 atom stereocenters. The van der Waals surface area contributed by atoms with Crippen molar-refractivity contribution in [2.75, 3.05) is 0 Å². The Balaban J connectivity index is 3.05. The smallest absolute Gasteiger partial charge is 0.191 e. The lowest BCUT2D eigenvalue weighted by Crippen LogP contribution is -2.03. The molecule has 0 spiro atoms. The molecule has 1 aromatic carbocycles. The quantitative estimate of drug-likeness (QED) is 0.722. The summed E-state index contributed by atoms with van der Waals surface area (Å²) < 4.78 is -0.735. The van der Waals surface area contributed by atoms with Crippen LogP contribution in [0.1, 0.15) is 5.56 Å². The molecule has 3 heteroatoms. The largest absolute Gasteiger partial charge is 0.195 e. The van der Waals surface area contributed by atoms with Gasteiger partial charge in [-0.05, 0) is 5.56 Å². The Labute approximate surface area is 82.3 Å². The Morgan fingerprint density at radius 2 is 1.73 bits per heavy atom. The molecule has 1 nitrogen and oxygen atoms in total. The van der Waals surface area contributed by atoms with E-state index in [4.69, 9.17) is 5.26 Å². The highest BCUT2D eigenvalue weighted by Crippen LogP contribution is 2.36. The Hall–Kier alpha value is -0.330. The molecule has 0 N–H and O–H groups in total. The number of hydrogen-bond acceptors (Lipinski definition) is 1. The van der Waals surface area contributed by atoms with Crippen LogP contribution in [0.2, 0.25) is 0 Å². The van der Waals surface area contributed by atoms with E-state index in [0.29, 0.717) is 0 Å². The average molecular weight is 275 g/mol. The molecule has 0 radical (unpaired) electrons. The lowest BCUT2D eigenvalue weighted by atomic mass is 10.2. The van der Waals surface area contributed by atoms with Gasteiger partial charge in [-0.15, -0.1) is 0 Å². The third-order valence-electron chi connectivity index (χ3n) is 1.28. The molecule has 1 aromatic rings. The summed E-state index contributed by atoms with van der Waals surface area (Å²) in [5.41, 5.74) is 0.905. The first-order valence-corrected chi connectivity index (χ1v) is 4.60. The zero-order valence-corrected chi connectivity index (χ0v) is 8.76. The van der Waals surface area contributed by atoms with Crippen molar-refractivity contribution in [2.24, 2.45) is 0 Å². The van der Waals surface area contributed by atoms with Crippen LogP contribution < -0.4 is 0 Å². The summed E-state index contributed by atoms with van der Waals surface area (Å²) in [5.74, 6) is 0. The molecule has 0 heterocycles. The van der Waals surface area contributed by atoms with Gasteiger partial charge in [0, 0.05) is 0 Å². The maximum absolute atomic E-state index is 8.70. The second-order valence-corrected chi connectivity index (χ2v) is 5.50. The van der Waals surface area contributed by atoms with Crippen molar-refractivity contribution in [1.29, 1.82) is 5.26 Å². The highest BCUT2D eigenvalue weighted by Gasteiger charge is 2.23. The summed E-state index contributed by atoms with van der Waals surface area (Å²) in [6.45, 7) is 0. The number of alkyl halides is 2. The van der Waals surface area contributed by atoms with Crippen LogP contribution in [0.25, 0.3) is 0 Å². The van der Waals surface area contributed by atoms with E-state index < -0.39 is 3.23 Å². The summed E-state index contributed by atoms with van der Waals surface area (Å²) >= 11 is 6.49. The van der Waals surface area contributed by atoms with Crippen LogP contribution in [0.15, 0.2) is 30.3 Å².